The molecule has 168 valence electrons. The molecule has 0 bridgehead atoms. The van der Waals surface area contributed by atoms with E-state index in [2.05, 4.69) is 17.4 Å². The second-order valence-corrected chi connectivity index (χ2v) is 9.34. The summed E-state index contributed by atoms with van der Waals surface area (Å²) in [4.78, 5) is 30.8. The average Bonchev–Trinajstić information content (AvgIpc) is 2.78. The SMILES string of the molecule is Cc1ccc(Cn2c(SCC(=O)Nc3c(C)cc(C)cc3C)nc3ccccc3c2=O)cc1. The summed E-state index contributed by atoms with van der Waals surface area (Å²) >= 11 is 1.28. The normalized spacial score (nSPS) is 11.0. The summed E-state index contributed by atoms with van der Waals surface area (Å²) < 4.78 is 1.66. The molecule has 4 rings (SSSR count). The van der Waals surface area contributed by atoms with Gasteiger partial charge in [0, 0.05) is 5.69 Å². The molecule has 0 spiro atoms. The van der Waals surface area contributed by atoms with Gasteiger partial charge < -0.3 is 5.32 Å². The molecule has 33 heavy (non-hydrogen) atoms. The molecule has 4 aromatic rings. The van der Waals surface area contributed by atoms with Crippen molar-refractivity contribution in [3.8, 4) is 0 Å². The number of para-hydroxylation sites is 1. The molecule has 0 aliphatic rings. The maximum absolute atomic E-state index is 13.3. The minimum absolute atomic E-state index is 0.102. The number of carbonyl (C=O) groups excluding carboxylic acids is 1. The number of aromatic nitrogens is 2. The molecule has 1 amide bonds. The molecule has 0 atom stereocenters. The van der Waals surface area contributed by atoms with Crippen LogP contribution in [0.25, 0.3) is 10.9 Å². The molecule has 3 aromatic carbocycles. The van der Waals surface area contributed by atoms with Gasteiger partial charge in [-0.05, 0) is 56.5 Å². The van der Waals surface area contributed by atoms with Gasteiger partial charge in [-0.2, -0.15) is 0 Å². The Morgan fingerprint density at radius 3 is 2.30 bits per heavy atom. The van der Waals surface area contributed by atoms with E-state index in [9.17, 15) is 9.59 Å². The zero-order valence-electron chi connectivity index (χ0n) is 19.3. The number of nitrogens with one attached hydrogen (secondary N) is 1. The second kappa shape index (κ2) is 9.63. The number of carbonyl (C=O) groups is 1. The van der Waals surface area contributed by atoms with E-state index in [0.717, 1.165) is 33.5 Å². The smallest absolute Gasteiger partial charge is 0.262 e. The number of hydrogen-bond acceptors (Lipinski definition) is 4. The van der Waals surface area contributed by atoms with Gasteiger partial charge in [-0.1, -0.05) is 71.4 Å². The first kappa shape index (κ1) is 22.8. The molecule has 1 heterocycles. The van der Waals surface area contributed by atoms with Gasteiger partial charge in [0.15, 0.2) is 5.16 Å². The van der Waals surface area contributed by atoms with Gasteiger partial charge in [0.1, 0.15) is 0 Å². The molecule has 0 unspecified atom stereocenters. The van der Waals surface area contributed by atoms with Crippen molar-refractivity contribution in [2.45, 2.75) is 39.4 Å². The Balaban J connectivity index is 1.61. The van der Waals surface area contributed by atoms with Gasteiger partial charge in [0.05, 0.1) is 23.2 Å². The lowest BCUT2D eigenvalue weighted by Crippen LogP contribution is -2.25. The number of nitrogens with zero attached hydrogens (tertiary/aromatic N) is 2. The van der Waals surface area contributed by atoms with Crippen molar-refractivity contribution in [1.29, 1.82) is 0 Å². The summed E-state index contributed by atoms with van der Waals surface area (Å²) in [6, 6.07) is 19.5. The highest BCUT2D eigenvalue weighted by Crippen LogP contribution is 2.24. The number of benzene rings is 3. The fraction of sp³-hybridized carbons (Fsp3) is 0.222. The summed E-state index contributed by atoms with van der Waals surface area (Å²) in [6.07, 6.45) is 0. The lowest BCUT2D eigenvalue weighted by atomic mass is 10.1. The third kappa shape index (κ3) is 5.17. The third-order valence-electron chi connectivity index (χ3n) is 5.56. The quantitative estimate of drug-likeness (QED) is 0.311. The van der Waals surface area contributed by atoms with E-state index in [1.807, 2.05) is 70.2 Å². The Morgan fingerprint density at radius 1 is 0.939 bits per heavy atom. The van der Waals surface area contributed by atoms with Crippen molar-refractivity contribution >= 4 is 34.3 Å². The second-order valence-electron chi connectivity index (χ2n) is 8.40. The van der Waals surface area contributed by atoms with E-state index < -0.39 is 0 Å². The largest absolute Gasteiger partial charge is 0.325 e. The molecular weight excluding hydrogens is 430 g/mol. The summed E-state index contributed by atoms with van der Waals surface area (Å²) in [5.74, 6) is 0.0326. The molecule has 0 saturated carbocycles. The van der Waals surface area contributed by atoms with Crippen molar-refractivity contribution in [2.75, 3.05) is 11.1 Å². The Kier molecular flexibility index (Phi) is 6.65. The Bertz CT molecular complexity index is 1370. The van der Waals surface area contributed by atoms with Crippen LogP contribution in [-0.4, -0.2) is 21.2 Å². The number of thioether (sulfide) groups is 1. The van der Waals surface area contributed by atoms with E-state index in [1.165, 1.54) is 11.8 Å². The number of fused-ring (bicyclic) bond motifs is 1. The van der Waals surface area contributed by atoms with E-state index in [4.69, 9.17) is 4.98 Å². The summed E-state index contributed by atoms with van der Waals surface area (Å²) in [5.41, 5.74) is 6.78. The van der Waals surface area contributed by atoms with Crippen molar-refractivity contribution < 1.29 is 4.79 Å². The molecule has 0 saturated heterocycles. The van der Waals surface area contributed by atoms with Crippen LogP contribution in [-0.2, 0) is 11.3 Å². The van der Waals surface area contributed by atoms with Gasteiger partial charge in [0.25, 0.3) is 5.56 Å². The van der Waals surface area contributed by atoms with Crippen LogP contribution in [0.3, 0.4) is 0 Å². The van der Waals surface area contributed by atoms with Crippen LogP contribution in [0, 0.1) is 27.7 Å². The van der Waals surface area contributed by atoms with Crippen LogP contribution in [0.15, 0.2) is 70.6 Å². The van der Waals surface area contributed by atoms with Crippen LogP contribution in [0.4, 0.5) is 5.69 Å². The predicted molar refractivity (Wildman–Crippen MR) is 136 cm³/mol. The van der Waals surface area contributed by atoms with Gasteiger partial charge in [-0.25, -0.2) is 4.98 Å². The monoisotopic (exact) mass is 457 g/mol. The van der Waals surface area contributed by atoms with E-state index >= 15 is 0 Å². The number of aryl methyl sites for hydroxylation is 4. The number of rotatable bonds is 6. The van der Waals surface area contributed by atoms with Crippen molar-refractivity contribution in [2.24, 2.45) is 0 Å². The molecular formula is C27H27N3O2S. The van der Waals surface area contributed by atoms with E-state index in [0.29, 0.717) is 22.6 Å². The Hall–Kier alpha value is -3.38. The Labute approximate surface area is 197 Å². The van der Waals surface area contributed by atoms with Crippen molar-refractivity contribution in [1.82, 2.24) is 9.55 Å². The Morgan fingerprint density at radius 2 is 1.61 bits per heavy atom. The maximum Gasteiger partial charge on any atom is 0.262 e. The molecule has 0 aliphatic heterocycles. The van der Waals surface area contributed by atoms with E-state index in [-0.39, 0.29) is 17.2 Å². The topological polar surface area (TPSA) is 64.0 Å². The molecule has 6 heteroatoms. The molecule has 0 radical (unpaired) electrons. The summed E-state index contributed by atoms with van der Waals surface area (Å²) in [6.45, 7) is 8.46. The van der Waals surface area contributed by atoms with Crippen molar-refractivity contribution in [3.63, 3.8) is 0 Å². The van der Waals surface area contributed by atoms with Gasteiger partial charge in [-0.15, -0.1) is 0 Å². The fourth-order valence-electron chi connectivity index (χ4n) is 3.96. The van der Waals surface area contributed by atoms with E-state index in [1.54, 1.807) is 10.6 Å². The van der Waals surface area contributed by atoms with Crippen LogP contribution >= 0.6 is 11.8 Å². The summed E-state index contributed by atoms with van der Waals surface area (Å²) in [5, 5.41) is 4.14. The third-order valence-corrected chi connectivity index (χ3v) is 6.54. The highest BCUT2D eigenvalue weighted by Gasteiger charge is 2.15. The molecule has 0 aliphatic carbocycles. The fourth-order valence-corrected chi connectivity index (χ4v) is 4.75. The molecule has 0 fully saturated rings. The first-order valence-electron chi connectivity index (χ1n) is 10.9. The number of hydrogen-bond donors (Lipinski definition) is 1. The standard InChI is InChI=1S/C27H27N3O2S/c1-17-9-11-21(12-10-17)15-30-26(32)22-7-5-6-8-23(22)28-27(30)33-16-24(31)29-25-19(3)13-18(2)14-20(25)4/h5-14H,15-16H2,1-4H3,(H,29,31). The number of anilines is 1. The number of amides is 1. The zero-order chi connectivity index (χ0) is 23.5. The van der Waals surface area contributed by atoms with Crippen molar-refractivity contribution in [3.05, 3.63) is 98.8 Å². The minimum atomic E-state index is -0.126. The first-order valence-corrected chi connectivity index (χ1v) is 11.9. The van der Waals surface area contributed by atoms with Gasteiger partial charge >= 0.3 is 0 Å². The highest BCUT2D eigenvalue weighted by molar-refractivity contribution is 7.99. The van der Waals surface area contributed by atoms with Gasteiger partial charge in [-0.3, -0.25) is 14.2 Å². The van der Waals surface area contributed by atoms with Crippen LogP contribution in [0.5, 0.6) is 0 Å². The average molecular weight is 458 g/mol. The summed E-state index contributed by atoms with van der Waals surface area (Å²) in [7, 11) is 0. The lowest BCUT2D eigenvalue weighted by Gasteiger charge is -2.15. The van der Waals surface area contributed by atoms with Crippen LogP contribution in [0.2, 0.25) is 0 Å². The van der Waals surface area contributed by atoms with Gasteiger partial charge in [0.2, 0.25) is 5.91 Å². The maximum atomic E-state index is 13.3. The predicted octanol–water partition coefficient (Wildman–Crippen LogP) is 5.41. The van der Waals surface area contributed by atoms with Crippen LogP contribution in [0.1, 0.15) is 27.8 Å². The lowest BCUT2D eigenvalue weighted by molar-refractivity contribution is -0.113. The molecule has 1 aromatic heterocycles. The van der Waals surface area contributed by atoms with Crippen LogP contribution < -0.4 is 10.9 Å². The zero-order valence-corrected chi connectivity index (χ0v) is 20.1. The first-order chi connectivity index (χ1) is 15.8. The highest BCUT2D eigenvalue weighted by atomic mass is 32.2. The minimum Gasteiger partial charge on any atom is -0.325 e. The molecule has 1 N–H and O–H groups in total. The molecule has 5 nitrogen and oxygen atoms in total.